The minimum Gasteiger partial charge on any atom is -0.454 e. The number of nitrogens with one attached hydrogen (secondary N) is 2. The lowest BCUT2D eigenvalue weighted by atomic mass is 10.1. The minimum atomic E-state index is -0.541. The first-order chi connectivity index (χ1) is 9.74. The van der Waals surface area contributed by atoms with Crippen molar-refractivity contribution in [3.8, 4) is 11.5 Å². The van der Waals surface area contributed by atoms with E-state index >= 15 is 0 Å². The monoisotopic (exact) mass is 274 g/mol. The van der Waals surface area contributed by atoms with Gasteiger partial charge in [-0.05, 0) is 23.6 Å². The molecule has 0 radical (unpaired) electrons. The maximum Gasteiger partial charge on any atom is 0.312 e. The molecule has 2 heterocycles. The maximum atomic E-state index is 10.6. The molecular weight excluding hydrogens is 260 g/mol. The molecule has 0 spiro atoms. The molecule has 0 saturated heterocycles. The Morgan fingerprint density at radius 2 is 2.10 bits per heavy atom. The quantitative estimate of drug-likeness (QED) is 0.724. The molecule has 1 aliphatic rings. The normalized spacial score (nSPS) is 12.4. The SMILES string of the molecule is NC(=O)NCCNc1nccc2cc3c(cc12)OCO3. The minimum absolute atomic E-state index is 0.240. The van der Waals surface area contributed by atoms with Gasteiger partial charge in [-0.15, -0.1) is 0 Å². The number of benzene rings is 1. The van der Waals surface area contributed by atoms with Crippen molar-refractivity contribution in [3.05, 3.63) is 24.4 Å². The number of carbonyl (C=O) groups excluding carboxylic acids is 1. The van der Waals surface area contributed by atoms with Gasteiger partial charge in [0, 0.05) is 24.7 Å². The van der Waals surface area contributed by atoms with Crippen LogP contribution in [0.2, 0.25) is 0 Å². The number of hydrogen-bond acceptors (Lipinski definition) is 5. The molecule has 1 aromatic heterocycles. The first-order valence-electron chi connectivity index (χ1n) is 6.19. The van der Waals surface area contributed by atoms with Crippen LogP contribution in [-0.2, 0) is 0 Å². The van der Waals surface area contributed by atoms with Crippen LogP contribution in [0.25, 0.3) is 10.8 Å². The van der Waals surface area contributed by atoms with Crippen molar-refractivity contribution < 1.29 is 14.3 Å². The van der Waals surface area contributed by atoms with Crippen LogP contribution >= 0.6 is 0 Å². The van der Waals surface area contributed by atoms with Crippen LogP contribution < -0.4 is 25.8 Å². The van der Waals surface area contributed by atoms with Crippen LogP contribution in [0, 0.1) is 0 Å². The highest BCUT2D eigenvalue weighted by molar-refractivity contribution is 5.94. The first kappa shape index (κ1) is 12.3. The van der Waals surface area contributed by atoms with Crippen LogP contribution in [0.5, 0.6) is 11.5 Å². The van der Waals surface area contributed by atoms with Crippen molar-refractivity contribution in [2.75, 3.05) is 25.2 Å². The van der Waals surface area contributed by atoms with E-state index < -0.39 is 6.03 Å². The smallest absolute Gasteiger partial charge is 0.312 e. The zero-order valence-electron chi connectivity index (χ0n) is 10.7. The number of fused-ring (bicyclic) bond motifs is 2. The van der Waals surface area contributed by atoms with E-state index in [4.69, 9.17) is 15.2 Å². The van der Waals surface area contributed by atoms with Crippen LogP contribution in [0.4, 0.5) is 10.6 Å². The van der Waals surface area contributed by atoms with Crippen molar-refractivity contribution in [1.29, 1.82) is 0 Å². The third-order valence-electron chi connectivity index (χ3n) is 2.97. The Hall–Kier alpha value is -2.70. The van der Waals surface area contributed by atoms with Gasteiger partial charge < -0.3 is 25.8 Å². The molecule has 3 rings (SSSR count). The fourth-order valence-electron chi connectivity index (χ4n) is 2.07. The molecule has 7 nitrogen and oxygen atoms in total. The predicted octanol–water partition coefficient (Wildman–Crippen LogP) is 1.04. The van der Waals surface area contributed by atoms with Gasteiger partial charge in [-0.3, -0.25) is 0 Å². The second-order valence-corrected chi connectivity index (χ2v) is 4.30. The summed E-state index contributed by atoms with van der Waals surface area (Å²) in [6.45, 7) is 1.20. The molecule has 2 amide bonds. The third kappa shape index (κ3) is 2.37. The van der Waals surface area contributed by atoms with Gasteiger partial charge in [0.15, 0.2) is 11.5 Å². The maximum absolute atomic E-state index is 10.6. The number of hydrogen-bond donors (Lipinski definition) is 3. The molecule has 0 atom stereocenters. The largest absolute Gasteiger partial charge is 0.454 e. The number of nitrogens with two attached hydrogens (primary N) is 1. The lowest BCUT2D eigenvalue weighted by Crippen LogP contribution is -2.33. The predicted molar refractivity (Wildman–Crippen MR) is 73.9 cm³/mol. The molecule has 0 fully saturated rings. The van der Waals surface area contributed by atoms with Gasteiger partial charge in [0.05, 0.1) is 0 Å². The van der Waals surface area contributed by atoms with Crippen LogP contribution in [0.3, 0.4) is 0 Å². The number of ether oxygens (including phenoxy) is 2. The lowest BCUT2D eigenvalue weighted by Gasteiger charge is -2.09. The van der Waals surface area contributed by atoms with Gasteiger partial charge in [-0.25, -0.2) is 9.78 Å². The van der Waals surface area contributed by atoms with Gasteiger partial charge in [-0.1, -0.05) is 0 Å². The number of aromatic nitrogens is 1. The Morgan fingerprint density at radius 1 is 1.30 bits per heavy atom. The van der Waals surface area contributed by atoms with Crippen molar-refractivity contribution in [2.24, 2.45) is 5.73 Å². The molecule has 0 aliphatic carbocycles. The third-order valence-corrected chi connectivity index (χ3v) is 2.97. The zero-order valence-corrected chi connectivity index (χ0v) is 10.7. The van der Waals surface area contributed by atoms with Gasteiger partial charge >= 0.3 is 6.03 Å². The molecule has 0 saturated carbocycles. The highest BCUT2D eigenvalue weighted by atomic mass is 16.7. The first-order valence-corrected chi connectivity index (χ1v) is 6.19. The average molecular weight is 274 g/mol. The highest BCUT2D eigenvalue weighted by Crippen LogP contribution is 2.37. The summed E-state index contributed by atoms with van der Waals surface area (Å²) in [5.41, 5.74) is 5.00. The Bertz CT molecular complexity index is 659. The standard InChI is InChI=1S/C13H14N4O3/c14-13(18)17-4-3-16-12-9-6-11-10(19-7-20-11)5-8(9)1-2-15-12/h1-2,5-6H,3-4,7H2,(H,15,16)(H3,14,17,18). The molecule has 104 valence electrons. The summed E-state index contributed by atoms with van der Waals surface area (Å²) in [6, 6.07) is 5.19. The second kappa shape index (κ2) is 5.12. The molecular formula is C13H14N4O3. The summed E-state index contributed by atoms with van der Waals surface area (Å²) < 4.78 is 10.7. The summed E-state index contributed by atoms with van der Waals surface area (Å²) in [7, 11) is 0. The van der Waals surface area contributed by atoms with E-state index in [1.165, 1.54) is 0 Å². The summed E-state index contributed by atoms with van der Waals surface area (Å²) in [5.74, 6) is 2.18. The van der Waals surface area contributed by atoms with E-state index in [2.05, 4.69) is 15.6 Å². The van der Waals surface area contributed by atoms with Crippen molar-refractivity contribution in [3.63, 3.8) is 0 Å². The number of primary amides is 1. The number of amides is 2. The summed E-state index contributed by atoms with van der Waals surface area (Å²) >= 11 is 0. The van der Waals surface area contributed by atoms with Crippen molar-refractivity contribution in [2.45, 2.75) is 0 Å². The number of pyridine rings is 1. The molecule has 2 aromatic rings. The van der Waals surface area contributed by atoms with Crippen molar-refractivity contribution >= 4 is 22.6 Å². The number of anilines is 1. The number of rotatable bonds is 4. The van der Waals surface area contributed by atoms with Gasteiger partial charge in [0.2, 0.25) is 6.79 Å². The number of urea groups is 1. The van der Waals surface area contributed by atoms with Gasteiger partial charge in [-0.2, -0.15) is 0 Å². The van der Waals surface area contributed by atoms with Crippen LogP contribution in [0.1, 0.15) is 0 Å². The molecule has 1 aromatic carbocycles. The van der Waals surface area contributed by atoms with E-state index in [-0.39, 0.29) is 6.79 Å². The molecule has 0 unspecified atom stereocenters. The summed E-state index contributed by atoms with van der Waals surface area (Å²) in [5, 5.41) is 7.62. The molecule has 4 N–H and O–H groups in total. The Balaban J connectivity index is 1.82. The average Bonchev–Trinajstić information content (AvgIpc) is 2.88. The van der Waals surface area contributed by atoms with E-state index in [9.17, 15) is 4.79 Å². The van der Waals surface area contributed by atoms with E-state index in [1.807, 2.05) is 18.2 Å². The number of nitrogens with zero attached hydrogens (tertiary/aromatic N) is 1. The summed E-state index contributed by atoms with van der Waals surface area (Å²) in [6.07, 6.45) is 1.72. The lowest BCUT2D eigenvalue weighted by molar-refractivity contribution is 0.174. The van der Waals surface area contributed by atoms with Gasteiger partial charge in [0.25, 0.3) is 0 Å². The fraction of sp³-hybridized carbons (Fsp3) is 0.231. The number of carbonyl (C=O) groups is 1. The second-order valence-electron chi connectivity index (χ2n) is 4.30. The van der Waals surface area contributed by atoms with Crippen LogP contribution in [0.15, 0.2) is 24.4 Å². The Morgan fingerprint density at radius 3 is 2.90 bits per heavy atom. The zero-order chi connectivity index (χ0) is 13.9. The Kier molecular flexibility index (Phi) is 3.16. The molecule has 1 aliphatic heterocycles. The molecule has 7 heteroatoms. The topological polar surface area (TPSA) is 98.5 Å². The van der Waals surface area contributed by atoms with E-state index in [0.29, 0.717) is 18.8 Å². The van der Waals surface area contributed by atoms with E-state index in [1.54, 1.807) is 6.20 Å². The molecule has 20 heavy (non-hydrogen) atoms. The fourth-order valence-corrected chi connectivity index (χ4v) is 2.07. The van der Waals surface area contributed by atoms with Crippen molar-refractivity contribution in [1.82, 2.24) is 10.3 Å². The summed E-state index contributed by atoms with van der Waals surface area (Å²) in [4.78, 5) is 14.9. The van der Waals surface area contributed by atoms with E-state index in [0.717, 1.165) is 22.3 Å². The highest BCUT2D eigenvalue weighted by Gasteiger charge is 2.15. The van der Waals surface area contributed by atoms with Crippen LogP contribution in [-0.4, -0.2) is 30.9 Å². The molecule has 0 bridgehead atoms. The van der Waals surface area contributed by atoms with Gasteiger partial charge in [0.1, 0.15) is 5.82 Å². The Labute approximate surface area is 115 Å².